The molecule has 13 heteroatoms. The molecule has 3 aromatic rings. The molecule has 1 aromatic carbocycles. The summed E-state index contributed by atoms with van der Waals surface area (Å²) in [6.07, 6.45) is 3.56. The van der Waals surface area contributed by atoms with E-state index in [9.17, 15) is 28.4 Å². The van der Waals surface area contributed by atoms with E-state index in [0.717, 1.165) is 0 Å². The first-order valence-corrected chi connectivity index (χ1v) is 15.2. The number of fused-ring (bicyclic) bond motifs is 1. The SMILES string of the molecule is CCCc1cc(F)cc2nc(Cn3cccc(NC(=O)[C@H](CC/C=C/C(=O)CC)OC(=O)N(C)C)c3=O)n(C(=O)OC(C)(C)C)c12. The number of carbonyl (C=O) groups excluding carboxylic acids is 4. The number of allylic oxidation sites excluding steroid dienone is 2. The Bertz CT molecular complexity index is 1680. The van der Waals surface area contributed by atoms with Gasteiger partial charge in [-0.05, 0) is 69.9 Å². The van der Waals surface area contributed by atoms with Gasteiger partial charge in [0.25, 0.3) is 11.5 Å². The number of halogens is 1. The summed E-state index contributed by atoms with van der Waals surface area (Å²) in [4.78, 5) is 69.8. The molecule has 0 aliphatic rings. The van der Waals surface area contributed by atoms with Crippen molar-refractivity contribution in [3.8, 4) is 0 Å². The van der Waals surface area contributed by atoms with Crippen LogP contribution in [0.1, 0.15) is 71.7 Å². The number of anilines is 1. The number of aromatic nitrogens is 3. The Hall–Kier alpha value is -4.81. The summed E-state index contributed by atoms with van der Waals surface area (Å²) in [5.41, 5.74) is -0.363. The third-order valence-electron chi connectivity index (χ3n) is 6.70. The molecule has 2 amide bonds. The summed E-state index contributed by atoms with van der Waals surface area (Å²) in [5, 5.41) is 2.54. The summed E-state index contributed by atoms with van der Waals surface area (Å²) in [6.45, 7) is 8.61. The molecule has 2 heterocycles. The van der Waals surface area contributed by atoms with Crippen molar-refractivity contribution in [2.75, 3.05) is 19.4 Å². The molecule has 0 saturated carbocycles. The average molecular weight is 640 g/mol. The quantitative estimate of drug-likeness (QED) is 0.258. The zero-order valence-corrected chi connectivity index (χ0v) is 27.4. The number of nitrogens with zero attached hydrogens (tertiary/aromatic N) is 4. The van der Waals surface area contributed by atoms with Crippen LogP contribution in [0.5, 0.6) is 0 Å². The van der Waals surface area contributed by atoms with Crippen LogP contribution >= 0.6 is 0 Å². The number of ether oxygens (including phenoxy) is 2. The van der Waals surface area contributed by atoms with Gasteiger partial charge < -0.3 is 24.3 Å². The molecule has 3 rings (SSSR count). The molecule has 0 aliphatic carbocycles. The van der Waals surface area contributed by atoms with Crippen LogP contribution in [-0.4, -0.2) is 68.7 Å². The number of nitrogens with one attached hydrogen (secondary N) is 1. The summed E-state index contributed by atoms with van der Waals surface area (Å²) < 4.78 is 28.0. The van der Waals surface area contributed by atoms with Crippen LogP contribution in [0.2, 0.25) is 0 Å². The van der Waals surface area contributed by atoms with Gasteiger partial charge >= 0.3 is 12.2 Å². The van der Waals surface area contributed by atoms with Gasteiger partial charge in [-0.3, -0.25) is 14.4 Å². The third kappa shape index (κ3) is 9.35. The van der Waals surface area contributed by atoms with Gasteiger partial charge in [0.1, 0.15) is 22.9 Å². The summed E-state index contributed by atoms with van der Waals surface area (Å²) in [5.74, 6) is -1.19. The van der Waals surface area contributed by atoms with E-state index in [1.54, 1.807) is 33.8 Å². The van der Waals surface area contributed by atoms with Crippen LogP contribution in [0.25, 0.3) is 11.0 Å². The Kier molecular flexibility index (Phi) is 12.0. The minimum absolute atomic E-state index is 0.0660. The highest BCUT2D eigenvalue weighted by atomic mass is 19.1. The lowest BCUT2D eigenvalue weighted by Crippen LogP contribution is -2.37. The fourth-order valence-corrected chi connectivity index (χ4v) is 4.54. The van der Waals surface area contributed by atoms with Crippen LogP contribution < -0.4 is 10.9 Å². The number of carbonyl (C=O) groups is 4. The molecule has 0 fully saturated rings. The molecular formula is C33H42FN5O7. The molecule has 1 N–H and O–H groups in total. The summed E-state index contributed by atoms with van der Waals surface area (Å²) in [7, 11) is 2.94. The van der Waals surface area contributed by atoms with Gasteiger partial charge in [0.2, 0.25) is 0 Å². The predicted molar refractivity (Wildman–Crippen MR) is 171 cm³/mol. The van der Waals surface area contributed by atoms with E-state index in [0.29, 0.717) is 30.3 Å². The fraction of sp³-hybridized carbons (Fsp3) is 0.455. The lowest BCUT2D eigenvalue weighted by molar-refractivity contribution is -0.125. The van der Waals surface area contributed by atoms with Crippen LogP contribution in [0.3, 0.4) is 0 Å². The molecule has 46 heavy (non-hydrogen) atoms. The van der Waals surface area contributed by atoms with Crippen molar-refractivity contribution in [3.05, 3.63) is 70.2 Å². The second-order valence-electron chi connectivity index (χ2n) is 11.9. The number of benzene rings is 1. The molecule has 2 aromatic heterocycles. The molecule has 1 atom stereocenters. The van der Waals surface area contributed by atoms with Crippen LogP contribution in [0.4, 0.5) is 19.7 Å². The molecule has 248 valence electrons. The second-order valence-corrected chi connectivity index (χ2v) is 11.9. The maximum absolute atomic E-state index is 14.5. The Morgan fingerprint density at radius 2 is 1.87 bits per heavy atom. The van der Waals surface area contributed by atoms with E-state index in [4.69, 9.17) is 9.47 Å². The lowest BCUT2D eigenvalue weighted by Gasteiger charge is -2.21. The number of hydrogen-bond acceptors (Lipinski definition) is 8. The molecule has 0 saturated heterocycles. The maximum atomic E-state index is 14.5. The van der Waals surface area contributed by atoms with Crippen molar-refractivity contribution < 1.29 is 33.0 Å². The standard InChI is InChI=1S/C33H42FN5O7/c1-8-13-21-18-22(34)19-25-28(21)39(32(44)46-33(3,4)5)27(35-25)20-38-17-12-15-24(30(38)42)36-29(41)26(45-31(43)37(6)7)16-11-10-14-23(40)9-2/h10,12,14-15,17-19,26H,8-9,11,13,16,20H2,1-7H3,(H,36,41)/b14-10+/t26-/m0/s1. The topological polar surface area (TPSA) is 142 Å². The van der Waals surface area contributed by atoms with E-state index < -0.39 is 41.2 Å². The highest BCUT2D eigenvalue weighted by molar-refractivity contribution is 5.95. The fourth-order valence-electron chi connectivity index (χ4n) is 4.54. The van der Waals surface area contributed by atoms with Gasteiger partial charge in [-0.15, -0.1) is 0 Å². The monoisotopic (exact) mass is 639 g/mol. The number of hydrogen-bond donors (Lipinski definition) is 1. The molecular weight excluding hydrogens is 597 g/mol. The van der Waals surface area contributed by atoms with E-state index in [2.05, 4.69) is 10.3 Å². The molecule has 0 bridgehead atoms. The first-order valence-electron chi connectivity index (χ1n) is 15.2. The van der Waals surface area contributed by atoms with Gasteiger partial charge in [0, 0.05) is 32.8 Å². The largest absolute Gasteiger partial charge is 0.443 e. The summed E-state index contributed by atoms with van der Waals surface area (Å²) in [6, 6.07) is 5.50. The smallest absolute Gasteiger partial charge is 0.420 e. The Labute approximate surface area is 267 Å². The third-order valence-corrected chi connectivity index (χ3v) is 6.70. The number of pyridine rings is 1. The Balaban J connectivity index is 1.97. The van der Waals surface area contributed by atoms with E-state index in [1.807, 2.05) is 6.92 Å². The average Bonchev–Trinajstić information content (AvgIpc) is 3.33. The van der Waals surface area contributed by atoms with Crippen LogP contribution in [-0.2, 0) is 32.0 Å². The first-order chi connectivity index (χ1) is 21.6. The number of amides is 2. The summed E-state index contributed by atoms with van der Waals surface area (Å²) >= 11 is 0. The maximum Gasteiger partial charge on any atom is 0.420 e. The minimum Gasteiger partial charge on any atom is -0.443 e. The number of rotatable bonds is 12. The van der Waals surface area contributed by atoms with Gasteiger partial charge in [0.15, 0.2) is 11.9 Å². The molecule has 0 unspecified atom stereocenters. The van der Waals surface area contributed by atoms with Crippen molar-refractivity contribution in [1.29, 1.82) is 0 Å². The van der Waals surface area contributed by atoms with Crippen molar-refractivity contribution in [2.24, 2.45) is 0 Å². The first kappa shape index (κ1) is 35.7. The molecule has 0 radical (unpaired) electrons. The van der Waals surface area contributed by atoms with Gasteiger partial charge in [0.05, 0.1) is 17.6 Å². The van der Waals surface area contributed by atoms with Gasteiger partial charge in [-0.25, -0.2) is 23.5 Å². The van der Waals surface area contributed by atoms with Crippen molar-refractivity contribution >= 4 is 40.6 Å². The zero-order chi connectivity index (χ0) is 34.2. The molecule has 0 aliphatic heterocycles. The number of ketones is 1. The number of imidazole rings is 1. The van der Waals surface area contributed by atoms with E-state index in [-0.39, 0.29) is 42.2 Å². The predicted octanol–water partition coefficient (Wildman–Crippen LogP) is 5.44. The van der Waals surface area contributed by atoms with Crippen molar-refractivity contribution in [3.63, 3.8) is 0 Å². The zero-order valence-electron chi connectivity index (χ0n) is 27.4. The number of aryl methyl sites for hydroxylation is 1. The normalized spacial score (nSPS) is 12.3. The van der Waals surface area contributed by atoms with E-state index in [1.165, 1.54) is 64.7 Å². The Morgan fingerprint density at radius 1 is 1.15 bits per heavy atom. The highest BCUT2D eigenvalue weighted by Crippen LogP contribution is 2.26. The second kappa shape index (κ2) is 15.5. The van der Waals surface area contributed by atoms with Gasteiger partial charge in [-0.1, -0.05) is 26.3 Å². The molecule has 0 spiro atoms. The highest BCUT2D eigenvalue weighted by Gasteiger charge is 2.27. The van der Waals surface area contributed by atoms with E-state index >= 15 is 0 Å². The van der Waals surface area contributed by atoms with Crippen LogP contribution in [0, 0.1) is 5.82 Å². The lowest BCUT2D eigenvalue weighted by atomic mass is 10.1. The molecule has 12 nitrogen and oxygen atoms in total. The van der Waals surface area contributed by atoms with Crippen LogP contribution in [0.15, 0.2) is 47.4 Å². The Morgan fingerprint density at radius 3 is 2.50 bits per heavy atom. The van der Waals surface area contributed by atoms with Crippen molar-refractivity contribution in [2.45, 2.75) is 85.0 Å². The van der Waals surface area contributed by atoms with Crippen molar-refractivity contribution in [1.82, 2.24) is 19.0 Å². The van der Waals surface area contributed by atoms with Gasteiger partial charge in [-0.2, -0.15) is 0 Å². The minimum atomic E-state index is -1.26.